The van der Waals surface area contributed by atoms with Gasteiger partial charge in [0.1, 0.15) is 6.04 Å². The molecule has 0 saturated heterocycles. The minimum absolute atomic E-state index is 0.378. The smallest absolute Gasteiger partial charge is 0.323 e. The number of hydrogen-bond donors (Lipinski definition) is 2. The maximum Gasteiger partial charge on any atom is 0.323 e. The number of rotatable bonds is 5. The highest BCUT2D eigenvalue weighted by Crippen LogP contribution is 2.05. The Bertz CT molecular complexity index is 313. The van der Waals surface area contributed by atoms with Crippen LogP contribution in [0.15, 0.2) is 30.3 Å². The summed E-state index contributed by atoms with van der Waals surface area (Å²) in [5, 5.41) is 8.64. The van der Waals surface area contributed by atoms with Gasteiger partial charge in [0, 0.05) is 0 Å². The average molecular weight is 209 g/mol. The van der Waals surface area contributed by atoms with E-state index in [-0.39, 0.29) is 0 Å². The molecule has 0 aliphatic heterocycles. The van der Waals surface area contributed by atoms with Crippen LogP contribution >= 0.6 is 0 Å². The van der Waals surface area contributed by atoms with Crippen LogP contribution in [-0.4, -0.2) is 23.2 Å². The fraction of sp³-hybridized carbons (Fsp3) is 0.364. The van der Waals surface area contributed by atoms with Gasteiger partial charge in [-0.2, -0.15) is 0 Å². The second-order valence-electron chi connectivity index (χ2n) is 3.37. The van der Waals surface area contributed by atoms with E-state index in [2.05, 4.69) is 0 Å². The first-order valence-corrected chi connectivity index (χ1v) is 4.75. The van der Waals surface area contributed by atoms with E-state index >= 15 is 0 Å². The molecule has 1 aromatic carbocycles. The number of nitrogens with two attached hydrogens (primary N) is 1. The molecule has 0 aliphatic rings. The van der Waals surface area contributed by atoms with Crippen molar-refractivity contribution in [2.75, 3.05) is 0 Å². The maximum absolute atomic E-state index is 10.5. The third kappa shape index (κ3) is 3.69. The third-order valence-corrected chi connectivity index (χ3v) is 2.15. The largest absolute Gasteiger partial charge is 0.480 e. The molecule has 0 bridgehead atoms. The number of carboxylic acids is 1. The Hall–Kier alpha value is -1.39. The predicted molar refractivity (Wildman–Crippen MR) is 56.3 cm³/mol. The van der Waals surface area contributed by atoms with Crippen molar-refractivity contribution in [3.63, 3.8) is 0 Å². The summed E-state index contributed by atoms with van der Waals surface area (Å²) in [7, 11) is 0. The van der Waals surface area contributed by atoms with Crippen LogP contribution in [0.5, 0.6) is 0 Å². The van der Waals surface area contributed by atoms with Gasteiger partial charge in [0.05, 0.1) is 12.7 Å². The lowest BCUT2D eigenvalue weighted by Crippen LogP contribution is -2.41. The second kappa shape index (κ2) is 5.48. The summed E-state index contributed by atoms with van der Waals surface area (Å²) in [4.78, 5) is 10.5. The average Bonchev–Trinajstić information content (AvgIpc) is 2.26. The highest BCUT2D eigenvalue weighted by atomic mass is 16.5. The summed E-state index contributed by atoms with van der Waals surface area (Å²) >= 11 is 0. The molecule has 0 amide bonds. The lowest BCUT2D eigenvalue weighted by Gasteiger charge is -2.16. The Morgan fingerprint density at radius 3 is 2.60 bits per heavy atom. The molecule has 3 N–H and O–H groups in total. The molecule has 0 heterocycles. The van der Waals surface area contributed by atoms with Crippen molar-refractivity contribution in [3.8, 4) is 0 Å². The van der Waals surface area contributed by atoms with E-state index in [1.54, 1.807) is 6.92 Å². The molecule has 4 heteroatoms. The van der Waals surface area contributed by atoms with E-state index < -0.39 is 18.1 Å². The fourth-order valence-corrected chi connectivity index (χ4v) is 1.11. The molecule has 1 unspecified atom stereocenters. The van der Waals surface area contributed by atoms with Crippen molar-refractivity contribution < 1.29 is 14.6 Å². The lowest BCUT2D eigenvalue weighted by molar-refractivity contribution is -0.142. The molecule has 0 spiro atoms. The van der Waals surface area contributed by atoms with Gasteiger partial charge in [0.2, 0.25) is 0 Å². The van der Waals surface area contributed by atoms with Gasteiger partial charge in [-0.15, -0.1) is 0 Å². The lowest BCUT2D eigenvalue weighted by atomic mass is 10.2. The van der Waals surface area contributed by atoms with Crippen molar-refractivity contribution in [2.24, 2.45) is 5.73 Å². The maximum atomic E-state index is 10.5. The van der Waals surface area contributed by atoms with E-state index in [0.29, 0.717) is 6.61 Å². The number of benzene rings is 1. The Morgan fingerprint density at radius 1 is 1.47 bits per heavy atom. The molecular weight excluding hydrogens is 194 g/mol. The summed E-state index contributed by atoms with van der Waals surface area (Å²) in [6.45, 7) is 2.03. The number of ether oxygens (including phenoxy) is 1. The third-order valence-electron chi connectivity index (χ3n) is 2.15. The number of carbonyl (C=O) groups is 1. The van der Waals surface area contributed by atoms with Crippen LogP contribution in [-0.2, 0) is 16.1 Å². The molecule has 15 heavy (non-hydrogen) atoms. The summed E-state index contributed by atoms with van der Waals surface area (Å²) in [6.07, 6.45) is -0.497. The molecule has 0 saturated carbocycles. The van der Waals surface area contributed by atoms with Gasteiger partial charge in [0.15, 0.2) is 0 Å². The van der Waals surface area contributed by atoms with Gasteiger partial charge in [-0.25, -0.2) is 0 Å². The number of aliphatic carboxylic acids is 1. The molecule has 2 atom stereocenters. The SMILES string of the molecule is C[C@H](OCc1ccccc1)C(N)C(=O)O. The first-order chi connectivity index (χ1) is 7.11. The van der Waals surface area contributed by atoms with E-state index in [0.717, 1.165) is 5.56 Å². The predicted octanol–water partition coefficient (Wildman–Crippen LogP) is 1.00. The zero-order valence-electron chi connectivity index (χ0n) is 8.59. The summed E-state index contributed by atoms with van der Waals surface area (Å²) < 4.78 is 5.35. The summed E-state index contributed by atoms with van der Waals surface area (Å²) in [5.41, 5.74) is 6.40. The zero-order chi connectivity index (χ0) is 11.3. The fourth-order valence-electron chi connectivity index (χ4n) is 1.11. The van der Waals surface area contributed by atoms with Crippen LogP contribution < -0.4 is 5.73 Å². The minimum Gasteiger partial charge on any atom is -0.480 e. The molecule has 82 valence electrons. The van der Waals surface area contributed by atoms with Crippen molar-refractivity contribution in [2.45, 2.75) is 25.7 Å². The topological polar surface area (TPSA) is 72.5 Å². The summed E-state index contributed by atoms with van der Waals surface area (Å²) in [5.74, 6) is -1.05. The highest BCUT2D eigenvalue weighted by molar-refractivity contribution is 5.73. The molecule has 0 fully saturated rings. The molecule has 1 rings (SSSR count). The van der Waals surface area contributed by atoms with Gasteiger partial charge in [-0.05, 0) is 12.5 Å². The molecule has 0 aliphatic carbocycles. The van der Waals surface area contributed by atoms with Crippen LogP contribution in [0.3, 0.4) is 0 Å². The van der Waals surface area contributed by atoms with E-state index in [1.807, 2.05) is 30.3 Å². The standard InChI is InChI=1S/C11H15NO3/c1-8(10(12)11(13)14)15-7-9-5-3-2-4-6-9/h2-6,8,10H,7,12H2,1H3,(H,13,14)/t8-,10?/m0/s1. The Labute approximate surface area is 88.7 Å². The molecule has 4 nitrogen and oxygen atoms in total. The van der Waals surface area contributed by atoms with Crippen molar-refractivity contribution in [1.29, 1.82) is 0 Å². The molecular formula is C11H15NO3. The van der Waals surface area contributed by atoms with Crippen LogP contribution in [0.1, 0.15) is 12.5 Å². The number of carboxylic acid groups (broad SMARTS) is 1. The van der Waals surface area contributed by atoms with Crippen molar-refractivity contribution in [3.05, 3.63) is 35.9 Å². The van der Waals surface area contributed by atoms with Gasteiger partial charge in [-0.3, -0.25) is 4.79 Å². The number of hydrogen-bond acceptors (Lipinski definition) is 3. The Morgan fingerprint density at radius 2 is 2.07 bits per heavy atom. The summed E-state index contributed by atoms with van der Waals surface area (Å²) in [6, 6.07) is 8.57. The normalized spacial score (nSPS) is 14.5. The van der Waals surface area contributed by atoms with Crippen LogP contribution in [0, 0.1) is 0 Å². The van der Waals surface area contributed by atoms with Crippen molar-refractivity contribution in [1.82, 2.24) is 0 Å². The molecule has 1 aromatic rings. The van der Waals surface area contributed by atoms with Gasteiger partial charge < -0.3 is 15.6 Å². The first kappa shape index (κ1) is 11.7. The van der Waals surface area contributed by atoms with Crippen molar-refractivity contribution >= 4 is 5.97 Å². The second-order valence-corrected chi connectivity index (χ2v) is 3.37. The Kier molecular flexibility index (Phi) is 4.27. The Balaban J connectivity index is 2.41. The van der Waals surface area contributed by atoms with Crippen LogP contribution in [0.25, 0.3) is 0 Å². The minimum atomic E-state index is -1.05. The quantitative estimate of drug-likeness (QED) is 0.759. The van der Waals surface area contributed by atoms with Crippen LogP contribution in [0.2, 0.25) is 0 Å². The van der Waals surface area contributed by atoms with Gasteiger partial charge in [0.25, 0.3) is 0 Å². The first-order valence-electron chi connectivity index (χ1n) is 4.75. The van der Waals surface area contributed by atoms with E-state index in [4.69, 9.17) is 15.6 Å². The van der Waals surface area contributed by atoms with E-state index in [9.17, 15) is 4.79 Å². The molecule has 0 aromatic heterocycles. The zero-order valence-corrected chi connectivity index (χ0v) is 8.59. The van der Waals surface area contributed by atoms with Crippen LogP contribution in [0.4, 0.5) is 0 Å². The van der Waals surface area contributed by atoms with Gasteiger partial charge >= 0.3 is 5.97 Å². The van der Waals surface area contributed by atoms with E-state index in [1.165, 1.54) is 0 Å². The monoisotopic (exact) mass is 209 g/mol. The van der Waals surface area contributed by atoms with Gasteiger partial charge in [-0.1, -0.05) is 30.3 Å². The highest BCUT2D eigenvalue weighted by Gasteiger charge is 2.20. The molecule has 0 radical (unpaired) electrons.